The molecule has 3 unspecified atom stereocenters. The van der Waals surface area contributed by atoms with Crippen LogP contribution in [0, 0.1) is 11.8 Å². The van der Waals surface area contributed by atoms with Gasteiger partial charge in [-0.3, -0.25) is 4.90 Å². The van der Waals surface area contributed by atoms with Crippen molar-refractivity contribution in [1.82, 2.24) is 4.90 Å². The van der Waals surface area contributed by atoms with E-state index in [1.54, 1.807) is 0 Å². The fourth-order valence-corrected chi connectivity index (χ4v) is 3.24. The van der Waals surface area contributed by atoms with Gasteiger partial charge in [-0.1, -0.05) is 20.8 Å². The van der Waals surface area contributed by atoms with Crippen molar-refractivity contribution in [2.45, 2.75) is 65.5 Å². The summed E-state index contributed by atoms with van der Waals surface area (Å²) in [6.07, 6.45) is 3.91. The van der Waals surface area contributed by atoms with Gasteiger partial charge >= 0.3 is 0 Å². The Hall–Kier alpha value is -0.0800. The molecule has 1 rings (SSSR count). The number of nitrogens with zero attached hydrogens (tertiary/aromatic N) is 1. The molecule has 0 spiro atoms. The number of hydrogen-bond acceptors (Lipinski definition) is 2. The van der Waals surface area contributed by atoms with E-state index in [1.165, 1.54) is 25.8 Å². The van der Waals surface area contributed by atoms with E-state index >= 15 is 0 Å². The molecule has 2 heteroatoms. The predicted octanol–water partition coefficient (Wildman–Crippen LogP) is 2.87. The smallest absolute Gasteiger partial charge is 0.0308 e. The molecule has 0 radical (unpaired) electrons. The lowest BCUT2D eigenvalue weighted by molar-refractivity contribution is 0.00893. The Morgan fingerprint density at radius 3 is 2.44 bits per heavy atom. The first-order chi connectivity index (χ1) is 7.39. The third-order valence-electron chi connectivity index (χ3n) is 4.10. The number of likely N-dealkylation sites (tertiary alicyclic amines) is 1. The van der Waals surface area contributed by atoms with Crippen LogP contribution in [0.3, 0.4) is 0 Å². The first kappa shape index (κ1) is 14.0. The fourth-order valence-electron chi connectivity index (χ4n) is 3.24. The molecule has 96 valence electrons. The van der Waals surface area contributed by atoms with Gasteiger partial charge in [-0.2, -0.15) is 0 Å². The fraction of sp³-hybridized carbons (Fsp3) is 1.00. The lowest BCUT2D eigenvalue weighted by Gasteiger charge is -2.49. The van der Waals surface area contributed by atoms with E-state index in [0.717, 1.165) is 18.4 Å². The molecule has 3 atom stereocenters. The molecule has 2 nitrogen and oxygen atoms in total. The minimum absolute atomic E-state index is 0.197. The molecule has 0 saturated carbocycles. The van der Waals surface area contributed by atoms with E-state index in [0.29, 0.717) is 6.04 Å². The van der Waals surface area contributed by atoms with E-state index in [1.807, 2.05) is 0 Å². The summed E-state index contributed by atoms with van der Waals surface area (Å²) in [5.41, 5.74) is 6.25. The summed E-state index contributed by atoms with van der Waals surface area (Å²) >= 11 is 0. The monoisotopic (exact) mass is 226 g/mol. The van der Waals surface area contributed by atoms with Crippen LogP contribution in [0.1, 0.15) is 53.9 Å². The second-order valence-electron chi connectivity index (χ2n) is 6.48. The third-order valence-corrected chi connectivity index (χ3v) is 4.10. The van der Waals surface area contributed by atoms with Crippen LogP contribution < -0.4 is 5.73 Å². The molecule has 1 aliphatic heterocycles. The lowest BCUT2D eigenvalue weighted by Crippen LogP contribution is -2.58. The van der Waals surface area contributed by atoms with Crippen molar-refractivity contribution in [2.24, 2.45) is 17.6 Å². The molecule has 16 heavy (non-hydrogen) atoms. The average molecular weight is 226 g/mol. The standard InChI is InChI=1S/C14H30N2/c1-11(2)8-14(5,10-15)16-9-12(3)6-7-13(16)4/h11-13H,6-10,15H2,1-5H3. The molecule has 0 aromatic heterocycles. The average Bonchev–Trinajstić information content (AvgIpc) is 2.20. The number of hydrogen-bond donors (Lipinski definition) is 1. The minimum Gasteiger partial charge on any atom is -0.329 e. The third kappa shape index (κ3) is 3.21. The van der Waals surface area contributed by atoms with Gasteiger partial charge in [-0.15, -0.1) is 0 Å². The first-order valence-corrected chi connectivity index (χ1v) is 6.86. The molecular weight excluding hydrogens is 196 g/mol. The Balaban J connectivity index is 2.76. The van der Waals surface area contributed by atoms with Gasteiger partial charge in [0.1, 0.15) is 0 Å². The number of rotatable bonds is 4. The normalized spacial score (nSPS) is 31.7. The van der Waals surface area contributed by atoms with Gasteiger partial charge in [0, 0.05) is 24.7 Å². The molecule has 1 aliphatic rings. The lowest BCUT2D eigenvalue weighted by atomic mass is 9.83. The topological polar surface area (TPSA) is 29.3 Å². The van der Waals surface area contributed by atoms with Gasteiger partial charge in [0.25, 0.3) is 0 Å². The molecule has 1 fully saturated rings. The zero-order chi connectivity index (χ0) is 12.3. The zero-order valence-electron chi connectivity index (χ0n) is 11.8. The van der Waals surface area contributed by atoms with Crippen LogP contribution >= 0.6 is 0 Å². The highest BCUT2D eigenvalue weighted by Crippen LogP contribution is 2.32. The van der Waals surface area contributed by atoms with Gasteiger partial charge in [-0.25, -0.2) is 0 Å². The Kier molecular flexibility index (Phi) is 4.81. The Morgan fingerprint density at radius 2 is 1.94 bits per heavy atom. The number of piperidine rings is 1. The van der Waals surface area contributed by atoms with E-state index < -0.39 is 0 Å². The van der Waals surface area contributed by atoms with E-state index in [-0.39, 0.29) is 5.54 Å². The summed E-state index contributed by atoms with van der Waals surface area (Å²) in [6.45, 7) is 13.7. The highest BCUT2D eigenvalue weighted by atomic mass is 15.2. The zero-order valence-corrected chi connectivity index (χ0v) is 11.8. The van der Waals surface area contributed by atoms with Crippen LogP contribution in [-0.2, 0) is 0 Å². The van der Waals surface area contributed by atoms with Crippen molar-refractivity contribution in [1.29, 1.82) is 0 Å². The van der Waals surface area contributed by atoms with E-state index in [4.69, 9.17) is 5.73 Å². The van der Waals surface area contributed by atoms with Gasteiger partial charge < -0.3 is 5.73 Å². The maximum atomic E-state index is 6.05. The number of nitrogens with two attached hydrogens (primary N) is 1. The van der Waals surface area contributed by atoms with Crippen molar-refractivity contribution >= 4 is 0 Å². The van der Waals surface area contributed by atoms with Crippen molar-refractivity contribution in [2.75, 3.05) is 13.1 Å². The Labute approximate surface area is 102 Å². The van der Waals surface area contributed by atoms with Crippen molar-refractivity contribution in [3.8, 4) is 0 Å². The molecule has 1 saturated heterocycles. The predicted molar refractivity (Wildman–Crippen MR) is 71.5 cm³/mol. The molecule has 0 amide bonds. The minimum atomic E-state index is 0.197. The van der Waals surface area contributed by atoms with Crippen molar-refractivity contribution < 1.29 is 0 Å². The summed E-state index contributed by atoms with van der Waals surface area (Å²) in [6, 6.07) is 0.698. The summed E-state index contributed by atoms with van der Waals surface area (Å²) in [7, 11) is 0. The molecule has 0 aromatic carbocycles. The molecule has 0 aromatic rings. The summed E-state index contributed by atoms with van der Waals surface area (Å²) in [4.78, 5) is 2.67. The van der Waals surface area contributed by atoms with Gasteiger partial charge in [0.2, 0.25) is 0 Å². The molecule has 2 N–H and O–H groups in total. The first-order valence-electron chi connectivity index (χ1n) is 6.86. The Bertz CT molecular complexity index is 215. The Morgan fingerprint density at radius 1 is 1.31 bits per heavy atom. The summed E-state index contributed by atoms with van der Waals surface area (Å²) in [5, 5.41) is 0. The van der Waals surface area contributed by atoms with Crippen LogP contribution in [0.15, 0.2) is 0 Å². The largest absolute Gasteiger partial charge is 0.329 e. The van der Waals surface area contributed by atoms with Gasteiger partial charge in [0.05, 0.1) is 0 Å². The molecular formula is C14H30N2. The van der Waals surface area contributed by atoms with E-state index in [2.05, 4.69) is 39.5 Å². The van der Waals surface area contributed by atoms with Crippen LogP contribution in [-0.4, -0.2) is 29.6 Å². The highest BCUT2D eigenvalue weighted by molar-refractivity contribution is 4.93. The second-order valence-corrected chi connectivity index (χ2v) is 6.48. The van der Waals surface area contributed by atoms with Crippen LogP contribution in [0.4, 0.5) is 0 Å². The molecule has 1 heterocycles. The van der Waals surface area contributed by atoms with Crippen LogP contribution in [0.2, 0.25) is 0 Å². The van der Waals surface area contributed by atoms with Crippen molar-refractivity contribution in [3.63, 3.8) is 0 Å². The molecule has 0 aliphatic carbocycles. The quantitative estimate of drug-likeness (QED) is 0.798. The summed E-state index contributed by atoms with van der Waals surface area (Å²) in [5.74, 6) is 1.55. The van der Waals surface area contributed by atoms with Crippen molar-refractivity contribution in [3.05, 3.63) is 0 Å². The summed E-state index contributed by atoms with van der Waals surface area (Å²) < 4.78 is 0. The van der Waals surface area contributed by atoms with E-state index in [9.17, 15) is 0 Å². The van der Waals surface area contributed by atoms with Gasteiger partial charge in [0.15, 0.2) is 0 Å². The van der Waals surface area contributed by atoms with Crippen LogP contribution in [0.25, 0.3) is 0 Å². The highest BCUT2D eigenvalue weighted by Gasteiger charge is 2.37. The molecule has 0 bridgehead atoms. The SMILES string of the molecule is CC(C)CC(C)(CN)N1CC(C)CCC1C. The maximum absolute atomic E-state index is 6.05. The van der Waals surface area contributed by atoms with Gasteiger partial charge in [-0.05, 0) is 44.9 Å². The second kappa shape index (κ2) is 5.50. The van der Waals surface area contributed by atoms with Crippen LogP contribution in [0.5, 0.6) is 0 Å². The maximum Gasteiger partial charge on any atom is 0.0308 e.